The molecule has 0 aliphatic rings. The van der Waals surface area contributed by atoms with Gasteiger partial charge in [-0.05, 0) is 29.1 Å². The maximum atomic E-state index is 13.3. The number of rotatable bonds is 8. The summed E-state index contributed by atoms with van der Waals surface area (Å²) in [5.41, 5.74) is 2.71. The second-order valence-corrected chi connectivity index (χ2v) is 8.56. The summed E-state index contributed by atoms with van der Waals surface area (Å²) in [6.07, 6.45) is 6.86. The molecule has 5 aromatic rings. The highest BCUT2D eigenvalue weighted by Gasteiger charge is 2.24. The number of amides is 2. The Morgan fingerprint density at radius 2 is 2.00 bits per heavy atom. The molecule has 170 valence electrons. The van der Waals surface area contributed by atoms with Crippen LogP contribution in [-0.2, 0) is 17.8 Å². The fourth-order valence-electron chi connectivity index (χ4n) is 3.76. The van der Waals surface area contributed by atoms with E-state index in [4.69, 9.17) is 0 Å². The van der Waals surface area contributed by atoms with Crippen LogP contribution in [0.1, 0.15) is 20.8 Å². The van der Waals surface area contributed by atoms with Crippen LogP contribution in [-0.4, -0.2) is 42.6 Å². The van der Waals surface area contributed by atoms with Gasteiger partial charge in [-0.15, -0.1) is 11.3 Å². The number of benzene rings is 1. The number of pyridine rings is 1. The van der Waals surface area contributed by atoms with Crippen molar-refractivity contribution in [3.8, 4) is 5.82 Å². The van der Waals surface area contributed by atoms with Gasteiger partial charge in [-0.2, -0.15) is 5.10 Å². The number of carbonyl (C=O) groups excluding carboxylic acids is 2. The molecule has 0 fully saturated rings. The van der Waals surface area contributed by atoms with E-state index < -0.39 is 6.04 Å². The molecule has 4 heterocycles. The van der Waals surface area contributed by atoms with Gasteiger partial charge in [0.1, 0.15) is 18.7 Å². The molecule has 1 unspecified atom stereocenters. The van der Waals surface area contributed by atoms with Crippen LogP contribution in [0.15, 0.2) is 79.0 Å². The van der Waals surface area contributed by atoms with Crippen molar-refractivity contribution in [3.05, 3.63) is 95.0 Å². The minimum Gasteiger partial charge on any atom is -0.361 e. The molecule has 0 aliphatic carbocycles. The number of fused-ring (bicyclic) bond motifs is 1. The fourth-order valence-corrected chi connectivity index (χ4v) is 4.39. The van der Waals surface area contributed by atoms with Crippen molar-refractivity contribution in [1.82, 2.24) is 35.4 Å². The van der Waals surface area contributed by atoms with Gasteiger partial charge in [0.15, 0.2) is 5.82 Å². The van der Waals surface area contributed by atoms with Crippen molar-refractivity contribution in [2.45, 2.75) is 19.0 Å². The molecule has 1 aromatic carbocycles. The van der Waals surface area contributed by atoms with Crippen molar-refractivity contribution in [2.75, 3.05) is 0 Å². The maximum absolute atomic E-state index is 13.3. The van der Waals surface area contributed by atoms with Gasteiger partial charge >= 0.3 is 0 Å². The second kappa shape index (κ2) is 9.67. The van der Waals surface area contributed by atoms with Crippen LogP contribution in [0.5, 0.6) is 0 Å². The van der Waals surface area contributed by atoms with Gasteiger partial charge in [0.25, 0.3) is 5.91 Å². The van der Waals surface area contributed by atoms with E-state index in [1.54, 1.807) is 29.3 Å². The lowest BCUT2D eigenvalue weighted by Gasteiger charge is -2.18. The first-order valence-corrected chi connectivity index (χ1v) is 11.5. The number of hydrogen-bond donors (Lipinski definition) is 3. The summed E-state index contributed by atoms with van der Waals surface area (Å²) in [5, 5.41) is 12.8. The van der Waals surface area contributed by atoms with Crippen molar-refractivity contribution in [1.29, 1.82) is 0 Å². The highest BCUT2D eigenvalue weighted by molar-refractivity contribution is 7.12. The predicted octanol–water partition coefficient (Wildman–Crippen LogP) is 2.86. The second-order valence-electron chi connectivity index (χ2n) is 7.61. The Kier molecular flexibility index (Phi) is 6.13. The average Bonchev–Trinajstić information content (AvgIpc) is 3.65. The molecule has 0 saturated heterocycles. The van der Waals surface area contributed by atoms with Crippen LogP contribution < -0.4 is 10.6 Å². The Balaban J connectivity index is 1.36. The van der Waals surface area contributed by atoms with Crippen LogP contribution in [0.2, 0.25) is 0 Å². The van der Waals surface area contributed by atoms with Crippen LogP contribution in [0, 0.1) is 0 Å². The van der Waals surface area contributed by atoms with Crippen molar-refractivity contribution < 1.29 is 9.59 Å². The van der Waals surface area contributed by atoms with Gasteiger partial charge < -0.3 is 15.6 Å². The van der Waals surface area contributed by atoms with E-state index >= 15 is 0 Å². The molecule has 34 heavy (non-hydrogen) atoms. The van der Waals surface area contributed by atoms with Crippen LogP contribution >= 0.6 is 11.3 Å². The Hall–Kier alpha value is -4.31. The van der Waals surface area contributed by atoms with E-state index in [9.17, 15) is 9.59 Å². The van der Waals surface area contributed by atoms with Crippen LogP contribution in [0.3, 0.4) is 0 Å². The van der Waals surface area contributed by atoms with Gasteiger partial charge in [0.2, 0.25) is 5.91 Å². The molecule has 3 N–H and O–H groups in total. The number of hydrogen-bond acceptors (Lipinski definition) is 6. The molecule has 10 heteroatoms. The third kappa shape index (κ3) is 4.57. The highest BCUT2D eigenvalue weighted by atomic mass is 32.1. The third-order valence-electron chi connectivity index (χ3n) is 5.42. The molecule has 0 spiro atoms. The standard InChI is InChI=1S/C24H21N7O2S/c32-23(28-12-16-5-3-9-26-22(16)31-15-25-14-29-31)20(30-24(33)21-8-4-10-34-21)11-17-13-27-19-7-2-1-6-18(17)19/h1-10,13-15,20,27H,11-12H2,(H,28,32)(H,30,33). The summed E-state index contributed by atoms with van der Waals surface area (Å²) in [7, 11) is 0. The van der Waals surface area contributed by atoms with Gasteiger partial charge in [-0.25, -0.2) is 14.6 Å². The van der Waals surface area contributed by atoms with E-state index in [-0.39, 0.29) is 18.4 Å². The summed E-state index contributed by atoms with van der Waals surface area (Å²) in [5.74, 6) is 0.0133. The molecule has 0 radical (unpaired) electrons. The largest absolute Gasteiger partial charge is 0.361 e. The Morgan fingerprint density at radius 1 is 1.09 bits per heavy atom. The van der Waals surface area contributed by atoms with Gasteiger partial charge in [0, 0.05) is 41.8 Å². The molecule has 1 atom stereocenters. The van der Waals surface area contributed by atoms with Crippen LogP contribution in [0.4, 0.5) is 0 Å². The quantitative estimate of drug-likeness (QED) is 0.322. The molecular weight excluding hydrogens is 450 g/mol. The minimum absolute atomic E-state index is 0.223. The van der Waals surface area contributed by atoms with E-state index in [1.807, 2.05) is 48.0 Å². The molecule has 9 nitrogen and oxygen atoms in total. The van der Waals surface area contributed by atoms with E-state index in [2.05, 4.69) is 30.7 Å². The predicted molar refractivity (Wildman–Crippen MR) is 129 cm³/mol. The zero-order chi connectivity index (χ0) is 23.3. The van der Waals surface area contributed by atoms with E-state index in [0.717, 1.165) is 22.0 Å². The SMILES string of the molecule is O=C(NC(Cc1c[nH]c2ccccc12)C(=O)NCc1cccnc1-n1cncn1)c1cccs1. The summed E-state index contributed by atoms with van der Waals surface area (Å²) in [6, 6.07) is 14.3. The van der Waals surface area contributed by atoms with Crippen molar-refractivity contribution >= 4 is 34.1 Å². The number of carbonyl (C=O) groups is 2. The number of nitrogens with one attached hydrogen (secondary N) is 3. The lowest BCUT2D eigenvalue weighted by molar-refractivity contribution is -0.123. The Bertz CT molecular complexity index is 1410. The summed E-state index contributed by atoms with van der Waals surface area (Å²) in [4.78, 5) is 38.2. The lowest BCUT2D eigenvalue weighted by atomic mass is 10.0. The number of thiophene rings is 1. The Morgan fingerprint density at radius 3 is 2.82 bits per heavy atom. The molecule has 4 aromatic heterocycles. The maximum Gasteiger partial charge on any atom is 0.262 e. The van der Waals surface area contributed by atoms with E-state index in [1.165, 1.54) is 17.7 Å². The lowest BCUT2D eigenvalue weighted by Crippen LogP contribution is -2.47. The molecular formula is C24H21N7O2S. The number of nitrogens with zero attached hydrogens (tertiary/aromatic N) is 4. The number of aromatic nitrogens is 5. The zero-order valence-corrected chi connectivity index (χ0v) is 18.8. The minimum atomic E-state index is -0.764. The summed E-state index contributed by atoms with van der Waals surface area (Å²) in [6.45, 7) is 0.223. The first kappa shape index (κ1) is 21.5. The first-order chi connectivity index (χ1) is 16.7. The summed E-state index contributed by atoms with van der Waals surface area (Å²) < 4.78 is 1.55. The molecule has 0 aliphatic heterocycles. The first-order valence-electron chi connectivity index (χ1n) is 10.6. The number of aromatic amines is 1. The third-order valence-corrected chi connectivity index (χ3v) is 6.29. The van der Waals surface area contributed by atoms with Crippen LogP contribution in [0.25, 0.3) is 16.7 Å². The average molecular weight is 472 g/mol. The Labute approximate surface area is 198 Å². The highest BCUT2D eigenvalue weighted by Crippen LogP contribution is 2.20. The van der Waals surface area contributed by atoms with Gasteiger partial charge in [-0.1, -0.05) is 30.3 Å². The monoisotopic (exact) mass is 471 g/mol. The fraction of sp³-hybridized carbons (Fsp3) is 0.125. The number of H-pyrrole nitrogens is 1. The topological polar surface area (TPSA) is 118 Å². The molecule has 0 saturated carbocycles. The number of para-hydroxylation sites is 1. The smallest absolute Gasteiger partial charge is 0.262 e. The van der Waals surface area contributed by atoms with E-state index in [0.29, 0.717) is 17.1 Å². The van der Waals surface area contributed by atoms with Crippen molar-refractivity contribution in [2.24, 2.45) is 0 Å². The molecule has 2 amide bonds. The molecule has 5 rings (SSSR count). The van der Waals surface area contributed by atoms with Gasteiger partial charge in [0.05, 0.1) is 4.88 Å². The molecule has 0 bridgehead atoms. The summed E-state index contributed by atoms with van der Waals surface area (Å²) >= 11 is 1.33. The normalized spacial score (nSPS) is 11.9. The van der Waals surface area contributed by atoms with Crippen molar-refractivity contribution in [3.63, 3.8) is 0 Å². The zero-order valence-electron chi connectivity index (χ0n) is 18.0. The van der Waals surface area contributed by atoms with Gasteiger partial charge in [-0.3, -0.25) is 9.59 Å².